The molecule has 0 saturated carbocycles. The Balaban J connectivity index is 1.59. The van der Waals surface area contributed by atoms with Crippen LogP contribution in [0.1, 0.15) is 30.7 Å². The predicted molar refractivity (Wildman–Crippen MR) is 115 cm³/mol. The van der Waals surface area contributed by atoms with Gasteiger partial charge in [-0.05, 0) is 31.0 Å². The molecule has 1 fully saturated rings. The molecule has 0 spiro atoms. The molecular formula is C20H20ClFN6O4. The summed E-state index contributed by atoms with van der Waals surface area (Å²) < 4.78 is 13.4. The third kappa shape index (κ3) is 4.28. The Morgan fingerprint density at radius 2 is 1.97 bits per heavy atom. The molecule has 12 heteroatoms. The molecule has 0 radical (unpaired) electrons. The maximum Gasteiger partial charge on any atom is 0.258 e. The van der Waals surface area contributed by atoms with Crippen molar-refractivity contribution in [2.45, 2.75) is 25.2 Å². The minimum Gasteiger partial charge on any atom is -0.369 e. The van der Waals surface area contributed by atoms with Crippen LogP contribution in [0.4, 0.5) is 21.8 Å². The molecule has 1 unspecified atom stereocenters. The zero-order valence-electron chi connectivity index (χ0n) is 16.8. The number of nitrogens with zero attached hydrogens (tertiary/aromatic N) is 2. The average molecular weight is 463 g/mol. The van der Waals surface area contributed by atoms with Crippen molar-refractivity contribution in [1.29, 1.82) is 0 Å². The maximum atomic E-state index is 13.4. The van der Waals surface area contributed by atoms with E-state index in [1.54, 1.807) is 4.90 Å². The highest BCUT2D eigenvalue weighted by Gasteiger charge is 2.35. The summed E-state index contributed by atoms with van der Waals surface area (Å²) in [5.74, 6) is -3.16. The number of hydrogen-bond acceptors (Lipinski definition) is 6. The van der Waals surface area contributed by atoms with E-state index in [4.69, 9.17) is 17.3 Å². The van der Waals surface area contributed by atoms with Gasteiger partial charge >= 0.3 is 0 Å². The van der Waals surface area contributed by atoms with E-state index in [-0.39, 0.29) is 46.3 Å². The molecule has 10 nitrogen and oxygen atoms in total. The topological polar surface area (TPSA) is 150 Å². The predicted octanol–water partition coefficient (Wildman–Crippen LogP) is 1.33. The highest BCUT2D eigenvalue weighted by Crippen LogP contribution is 2.31. The number of primary amides is 1. The number of rotatable bonds is 4. The standard InChI is InChI=1S/C20H20ClFN6O4/c21-12-7-10(1-2-13(12)22)24-18(31)11-8-14(29)25-17-15(11)19(32)27-20(26-17)28-5-3-9(4-6-28)16(23)30/h1-2,7,9,11H,3-6,8H2,(H2,23,30)(H,24,31)(H2,25,26,27,29,32). The Morgan fingerprint density at radius 1 is 1.25 bits per heavy atom. The number of H-pyrrole nitrogens is 1. The molecule has 2 aliphatic rings. The lowest BCUT2D eigenvalue weighted by molar-refractivity contribution is -0.123. The Hall–Kier alpha value is -3.47. The lowest BCUT2D eigenvalue weighted by Gasteiger charge is -2.32. The molecule has 1 atom stereocenters. The third-order valence-corrected chi connectivity index (χ3v) is 5.93. The van der Waals surface area contributed by atoms with Crippen molar-refractivity contribution in [2.24, 2.45) is 11.7 Å². The number of amides is 3. The molecule has 2 aliphatic heterocycles. The van der Waals surface area contributed by atoms with Crippen molar-refractivity contribution in [3.05, 3.63) is 45.0 Å². The van der Waals surface area contributed by atoms with Gasteiger partial charge in [0.05, 0.1) is 16.5 Å². The molecular weight excluding hydrogens is 443 g/mol. The highest BCUT2D eigenvalue weighted by atomic mass is 35.5. The van der Waals surface area contributed by atoms with Crippen molar-refractivity contribution >= 4 is 46.8 Å². The van der Waals surface area contributed by atoms with Crippen LogP contribution in [0.15, 0.2) is 23.0 Å². The minimum atomic E-state index is -1.09. The second-order valence-corrected chi connectivity index (χ2v) is 8.15. The fourth-order valence-corrected chi connectivity index (χ4v) is 4.09. The number of aromatic amines is 1. The number of carbonyl (C=O) groups is 3. The molecule has 1 aromatic heterocycles. The first-order valence-corrected chi connectivity index (χ1v) is 10.3. The second kappa shape index (κ2) is 8.58. The average Bonchev–Trinajstić information content (AvgIpc) is 2.75. The minimum absolute atomic E-state index is 0.00862. The van der Waals surface area contributed by atoms with Gasteiger partial charge in [0.1, 0.15) is 11.6 Å². The lowest BCUT2D eigenvalue weighted by Crippen LogP contribution is -2.41. The number of halogens is 2. The van der Waals surface area contributed by atoms with Crippen LogP contribution in [0.3, 0.4) is 0 Å². The Kier molecular flexibility index (Phi) is 5.83. The van der Waals surface area contributed by atoms with Gasteiger partial charge in [-0.25, -0.2) is 4.39 Å². The fraction of sp³-hybridized carbons (Fsp3) is 0.350. The van der Waals surface area contributed by atoms with Crippen molar-refractivity contribution in [3.8, 4) is 0 Å². The van der Waals surface area contributed by atoms with E-state index < -0.39 is 29.1 Å². The number of aromatic nitrogens is 2. The van der Waals surface area contributed by atoms with E-state index in [2.05, 4.69) is 20.6 Å². The summed E-state index contributed by atoms with van der Waals surface area (Å²) in [4.78, 5) is 58.1. The molecule has 0 aliphatic carbocycles. The van der Waals surface area contributed by atoms with Crippen LogP contribution in [0.25, 0.3) is 0 Å². The van der Waals surface area contributed by atoms with Gasteiger partial charge in [0.15, 0.2) is 0 Å². The summed E-state index contributed by atoms with van der Waals surface area (Å²) in [5, 5.41) is 4.94. The number of nitrogens with two attached hydrogens (primary N) is 1. The molecule has 1 aromatic carbocycles. The van der Waals surface area contributed by atoms with Gasteiger partial charge in [-0.15, -0.1) is 0 Å². The van der Waals surface area contributed by atoms with E-state index in [1.165, 1.54) is 12.1 Å². The molecule has 1 saturated heterocycles. The third-order valence-electron chi connectivity index (χ3n) is 5.64. The van der Waals surface area contributed by atoms with Gasteiger partial charge < -0.3 is 21.3 Å². The number of carbonyl (C=O) groups excluding carboxylic acids is 3. The molecule has 4 rings (SSSR count). The van der Waals surface area contributed by atoms with E-state index in [0.717, 1.165) is 6.07 Å². The number of piperidine rings is 1. The van der Waals surface area contributed by atoms with Crippen molar-refractivity contribution in [2.75, 3.05) is 28.6 Å². The number of nitrogens with one attached hydrogen (secondary N) is 3. The fourth-order valence-electron chi connectivity index (χ4n) is 3.91. The monoisotopic (exact) mass is 462 g/mol. The number of anilines is 3. The molecule has 168 valence electrons. The number of fused-ring (bicyclic) bond motifs is 1. The summed E-state index contributed by atoms with van der Waals surface area (Å²) in [6.07, 6.45) is 0.795. The van der Waals surface area contributed by atoms with Gasteiger partial charge in [0, 0.05) is 31.1 Å². The normalized spacial score (nSPS) is 18.6. The first-order valence-electron chi connectivity index (χ1n) is 9.97. The molecule has 5 N–H and O–H groups in total. The summed E-state index contributed by atoms with van der Waals surface area (Å²) in [6.45, 7) is 0.914. The van der Waals surface area contributed by atoms with E-state index in [0.29, 0.717) is 25.9 Å². The Bertz CT molecular complexity index is 1160. The molecule has 32 heavy (non-hydrogen) atoms. The zero-order valence-corrected chi connectivity index (χ0v) is 17.5. The first-order chi connectivity index (χ1) is 15.2. The Labute approximate surface area is 186 Å². The number of benzene rings is 1. The zero-order chi connectivity index (χ0) is 23.0. The molecule has 3 amide bonds. The van der Waals surface area contributed by atoms with Crippen LogP contribution >= 0.6 is 11.6 Å². The summed E-state index contributed by atoms with van der Waals surface area (Å²) in [7, 11) is 0. The van der Waals surface area contributed by atoms with Crippen LogP contribution in [0, 0.1) is 11.7 Å². The van der Waals surface area contributed by atoms with Gasteiger partial charge in [0.25, 0.3) is 5.56 Å². The van der Waals surface area contributed by atoms with Gasteiger partial charge in [-0.1, -0.05) is 11.6 Å². The smallest absolute Gasteiger partial charge is 0.258 e. The second-order valence-electron chi connectivity index (χ2n) is 7.74. The summed E-state index contributed by atoms with van der Waals surface area (Å²) in [5.41, 5.74) is 5.06. The maximum absolute atomic E-state index is 13.4. The molecule has 0 bridgehead atoms. The lowest BCUT2D eigenvalue weighted by atomic mass is 9.92. The highest BCUT2D eigenvalue weighted by molar-refractivity contribution is 6.31. The summed E-state index contributed by atoms with van der Waals surface area (Å²) >= 11 is 5.74. The largest absolute Gasteiger partial charge is 0.369 e. The molecule has 3 heterocycles. The van der Waals surface area contributed by atoms with Crippen LogP contribution in [-0.2, 0) is 14.4 Å². The van der Waals surface area contributed by atoms with Gasteiger partial charge in [-0.3, -0.25) is 24.2 Å². The van der Waals surface area contributed by atoms with Crippen LogP contribution in [0.5, 0.6) is 0 Å². The number of hydrogen-bond donors (Lipinski definition) is 4. The van der Waals surface area contributed by atoms with Crippen molar-refractivity contribution in [3.63, 3.8) is 0 Å². The Morgan fingerprint density at radius 3 is 2.62 bits per heavy atom. The quantitative estimate of drug-likeness (QED) is 0.538. The van der Waals surface area contributed by atoms with Gasteiger partial charge in [0.2, 0.25) is 23.7 Å². The van der Waals surface area contributed by atoms with Crippen LogP contribution in [0.2, 0.25) is 5.02 Å². The first kappa shape index (κ1) is 21.8. The van der Waals surface area contributed by atoms with Gasteiger partial charge in [-0.2, -0.15) is 4.98 Å². The SMILES string of the molecule is NC(=O)C1CCN(c2nc3c(c(=O)[nH]2)C(C(=O)Nc2ccc(F)c(Cl)c2)CC(=O)N3)CC1. The molecule has 2 aromatic rings. The summed E-state index contributed by atoms with van der Waals surface area (Å²) in [6, 6.07) is 3.66. The van der Waals surface area contributed by atoms with Crippen LogP contribution < -0.4 is 26.8 Å². The van der Waals surface area contributed by atoms with E-state index in [1.807, 2.05) is 0 Å². The van der Waals surface area contributed by atoms with Crippen LogP contribution in [-0.4, -0.2) is 40.8 Å². The van der Waals surface area contributed by atoms with E-state index in [9.17, 15) is 23.6 Å². The van der Waals surface area contributed by atoms with Crippen molar-refractivity contribution in [1.82, 2.24) is 9.97 Å². The van der Waals surface area contributed by atoms with Crippen molar-refractivity contribution < 1.29 is 18.8 Å². The van der Waals surface area contributed by atoms with E-state index >= 15 is 0 Å².